The van der Waals surface area contributed by atoms with Gasteiger partial charge in [-0.25, -0.2) is 12.8 Å². The minimum Gasteiger partial charge on any atom is -0.346 e. The van der Waals surface area contributed by atoms with Crippen molar-refractivity contribution in [1.29, 1.82) is 0 Å². The summed E-state index contributed by atoms with van der Waals surface area (Å²) >= 11 is 1.49. The van der Waals surface area contributed by atoms with E-state index >= 15 is 0 Å². The Labute approximate surface area is 150 Å². The van der Waals surface area contributed by atoms with Crippen LogP contribution in [-0.2, 0) is 14.6 Å². The molecule has 1 fully saturated rings. The molecule has 1 saturated heterocycles. The zero-order chi connectivity index (χ0) is 18.1. The lowest BCUT2D eigenvalue weighted by Crippen LogP contribution is -2.46. The number of rotatable bonds is 4. The van der Waals surface area contributed by atoms with Crippen LogP contribution in [0.15, 0.2) is 42.5 Å². The smallest absolute Gasteiger partial charge is 0.244 e. The normalized spacial score (nSPS) is 22.3. The van der Waals surface area contributed by atoms with Crippen molar-refractivity contribution in [2.24, 2.45) is 0 Å². The van der Waals surface area contributed by atoms with Crippen LogP contribution in [0.4, 0.5) is 4.39 Å². The minimum absolute atomic E-state index is 0.0205. The lowest BCUT2D eigenvalue weighted by Gasteiger charge is -2.22. The van der Waals surface area contributed by atoms with E-state index in [-0.39, 0.29) is 23.2 Å². The molecule has 0 aliphatic carbocycles. The topological polar surface area (TPSA) is 63.2 Å². The summed E-state index contributed by atoms with van der Waals surface area (Å²) < 4.78 is 36.1. The summed E-state index contributed by atoms with van der Waals surface area (Å²) in [5.41, 5.74) is 0.216. The summed E-state index contributed by atoms with van der Waals surface area (Å²) in [5.74, 6) is -0.497. The summed E-state index contributed by atoms with van der Waals surface area (Å²) in [4.78, 5) is 13.9. The van der Waals surface area contributed by atoms with Gasteiger partial charge in [-0.1, -0.05) is 12.1 Å². The Balaban J connectivity index is 1.64. The van der Waals surface area contributed by atoms with E-state index in [0.29, 0.717) is 6.42 Å². The Morgan fingerprint density at radius 2 is 1.96 bits per heavy atom. The standard InChI is InChI=1S/C18H18FNO3S2/c1-18(10-11-25(22,23)12-18)20-17(21)9-7-15-6-8-16(24-15)13-2-4-14(19)5-3-13/h2-9H,10-12H2,1H3,(H,20,21). The Morgan fingerprint density at radius 3 is 2.60 bits per heavy atom. The average Bonchev–Trinajstić information content (AvgIpc) is 3.10. The molecule has 1 unspecified atom stereocenters. The second kappa shape index (κ2) is 6.72. The molecular formula is C18H18FNO3S2. The molecule has 0 saturated carbocycles. The highest BCUT2D eigenvalue weighted by Gasteiger charge is 2.39. The molecule has 4 nitrogen and oxygen atoms in total. The van der Waals surface area contributed by atoms with E-state index in [2.05, 4.69) is 5.32 Å². The van der Waals surface area contributed by atoms with E-state index < -0.39 is 15.4 Å². The second-order valence-corrected chi connectivity index (χ2v) is 9.73. The second-order valence-electron chi connectivity index (χ2n) is 6.43. The first-order chi connectivity index (χ1) is 11.7. The van der Waals surface area contributed by atoms with Crippen molar-refractivity contribution in [3.05, 3.63) is 53.2 Å². The van der Waals surface area contributed by atoms with Crippen molar-refractivity contribution >= 4 is 33.2 Å². The summed E-state index contributed by atoms with van der Waals surface area (Å²) in [6, 6.07) is 10.0. The van der Waals surface area contributed by atoms with Crippen LogP contribution in [0.3, 0.4) is 0 Å². The van der Waals surface area contributed by atoms with Crippen LogP contribution in [0.2, 0.25) is 0 Å². The molecule has 1 aliphatic rings. The van der Waals surface area contributed by atoms with Crippen LogP contribution in [-0.4, -0.2) is 31.4 Å². The van der Waals surface area contributed by atoms with Gasteiger partial charge in [-0.05, 0) is 49.2 Å². The highest BCUT2D eigenvalue weighted by molar-refractivity contribution is 7.91. The molecule has 7 heteroatoms. The van der Waals surface area contributed by atoms with Gasteiger partial charge in [0.05, 0.1) is 17.0 Å². The molecule has 3 rings (SSSR count). The van der Waals surface area contributed by atoms with Gasteiger partial charge in [0.25, 0.3) is 0 Å². The molecule has 0 bridgehead atoms. The van der Waals surface area contributed by atoms with Gasteiger partial charge in [-0.3, -0.25) is 4.79 Å². The average molecular weight is 379 g/mol. The summed E-state index contributed by atoms with van der Waals surface area (Å²) in [7, 11) is -3.06. The number of thiophene rings is 1. The van der Waals surface area contributed by atoms with Crippen molar-refractivity contribution in [2.45, 2.75) is 18.9 Å². The number of amides is 1. The fourth-order valence-corrected chi connectivity index (χ4v) is 5.83. The highest BCUT2D eigenvalue weighted by Crippen LogP contribution is 2.29. The van der Waals surface area contributed by atoms with Crippen molar-refractivity contribution in [3.8, 4) is 10.4 Å². The van der Waals surface area contributed by atoms with E-state index in [0.717, 1.165) is 15.3 Å². The number of carbonyl (C=O) groups is 1. The predicted octanol–water partition coefficient (Wildman–Crippen LogP) is 3.26. The van der Waals surface area contributed by atoms with Gasteiger partial charge >= 0.3 is 0 Å². The Morgan fingerprint density at radius 1 is 1.24 bits per heavy atom. The number of nitrogens with one attached hydrogen (secondary N) is 1. The van der Waals surface area contributed by atoms with E-state index in [9.17, 15) is 17.6 Å². The van der Waals surface area contributed by atoms with Gasteiger partial charge in [0.1, 0.15) is 5.82 Å². The summed E-state index contributed by atoms with van der Waals surface area (Å²) in [6.07, 6.45) is 3.54. The molecule has 0 spiro atoms. The lowest BCUT2D eigenvalue weighted by atomic mass is 10.0. The fraction of sp³-hybridized carbons (Fsp3) is 0.278. The van der Waals surface area contributed by atoms with Gasteiger partial charge in [-0.2, -0.15) is 0 Å². The van der Waals surface area contributed by atoms with Crippen molar-refractivity contribution in [2.75, 3.05) is 11.5 Å². The van der Waals surface area contributed by atoms with Gasteiger partial charge in [-0.15, -0.1) is 11.3 Å². The van der Waals surface area contributed by atoms with E-state index in [1.807, 2.05) is 12.1 Å². The zero-order valence-electron chi connectivity index (χ0n) is 13.7. The van der Waals surface area contributed by atoms with Gasteiger partial charge in [0, 0.05) is 15.8 Å². The molecule has 1 aromatic carbocycles. The molecule has 1 aromatic heterocycles. The molecule has 1 atom stereocenters. The number of halogens is 1. The summed E-state index contributed by atoms with van der Waals surface area (Å²) in [5, 5.41) is 2.78. The monoisotopic (exact) mass is 379 g/mol. The number of hydrogen-bond donors (Lipinski definition) is 1. The first-order valence-electron chi connectivity index (χ1n) is 7.81. The third-order valence-corrected chi connectivity index (χ3v) is 7.09. The number of hydrogen-bond acceptors (Lipinski definition) is 4. The SMILES string of the molecule is CC1(NC(=O)C=Cc2ccc(-c3ccc(F)cc3)s2)CCS(=O)(=O)C1. The third kappa shape index (κ3) is 4.55. The van der Waals surface area contributed by atoms with Crippen LogP contribution in [0, 0.1) is 5.82 Å². The zero-order valence-corrected chi connectivity index (χ0v) is 15.3. The van der Waals surface area contributed by atoms with Crippen LogP contribution in [0.25, 0.3) is 16.5 Å². The van der Waals surface area contributed by atoms with Crippen LogP contribution in [0.1, 0.15) is 18.2 Å². The third-order valence-electron chi connectivity index (χ3n) is 4.08. The first-order valence-corrected chi connectivity index (χ1v) is 10.4. The quantitative estimate of drug-likeness (QED) is 0.830. The molecule has 2 aromatic rings. The van der Waals surface area contributed by atoms with E-state index in [4.69, 9.17) is 0 Å². The Bertz CT molecular complexity index is 916. The van der Waals surface area contributed by atoms with Crippen molar-refractivity contribution in [1.82, 2.24) is 5.32 Å². The maximum Gasteiger partial charge on any atom is 0.244 e. The fourth-order valence-electron chi connectivity index (χ4n) is 2.82. The van der Waals surface area contributed by atoms with Gasteiger partial charge in [0.15, 0.2) is 9.84 Å². The molecule has 25 heavy (non-hydrogen) atoms. The molecular weight excluding hydrogens is 361 g/mol. The Hall–Kier alpha value is -1.99. The van der Waals surface area contributed by atoms with E-state index in [1.54, 1.807) is 25.1 Å². The van der Waals surface area contributed by atoms with Gasteiger partial charge < -0.3 is 5.32 Å². The molecule has 0 radical (unpaired) electrons. The predicted molar refractivity (Wildman–Crippen MR) is 98.6 cm³/mol. The highest BCUT2D eigenvalue weighted by atomic mass is 32.2. The number of benzene rings is 1. The summed E-state index contributed by atoms with van der Waals surface area (Å²) in [6.45, 7) is 1.75. The maximum atomic E-state index is 13.0. The largest absolute Gasteiger partial charge is 0.346 e. The number of sulfone groups is 1. The molecule has 1 N–H and O–H groups in total. The number of carbonyl (C=O) groups excluding carboxylic acids is 1. The van der Waals surface area contributed by atoms with Crippen LogP contribution >= 0.6 is 11.3 Å². The lowest BCUT2D eigenvalue weighted by molar-refractivity contribution is -0.117. The maximum absolute atomic E-state index is 13.0. The first kappa shape index (κ1) is 17.8. The van der Waals surface area contributed by atoms with E-state index in [1.165, 1.54) is 29.5 Å². The molecule has 1 aliphatic heterocycles. The molecule has 132 valence electrons. The van der Waals surface area contributed by atoms with Crippen LogP contribution in [0.5, 0.6) is 0 Å². The minimum atomic E-state index is -3.06. The van der Waals surface area contributed by atoms with Crippen molar-refractivity contribution < 1.29 is 17.6 Å². The van der Waals surface area contributed by atoms with Gasteiger partial charge in [0.2, 0.25) is 5.91 Å². The molecule has 2 heterocycles. The van der Waals surface area contributed by atoms with Crippen molar-refractivity contribution in [3.63, 3.8) is 0 Å². The Kier molecular flexibility index (Phi) is 4.79. The molecule has 1 amide bonds. The van der Waals surface area contributed by atoms with Crippen LogP contribution < -0.4 is 5.32 Å².